The Balaban J connectivity index is 1.68. The number of hydrogen-bond acceptors (Lipinski definition) is 3. The first kappa shape index (κ1) is 14.7. The fourth-order valence-corrected chi connectivity index (χ4v) is 2.42. The van der Waals surface area contributed by atoms with E-state index in [-0.39, 0.29) is 0 Å². The second-order valence-corrected chi connectivity index (χ2v) is 5.36. The highest BCUT2D eigenvalue weighted by Crippen LogP contribution is 2.21. The van der Waals surface area contributed by atoms with Gasteiger partial charge in [0, 0.05) is 16.3 Å². The quantitative estimate of drug-likeness (QED) is 0.495. The van der Waals surface area contributed by atoms with E-state index in [1.165, 1.54) is 17.8 Å². The molecule has 0 aliphatic heterocycles. The Hall–Kier alpha value is -1.75. The van der Waals surface area contributed by atoms with Gasteiger partial charge in [-0.15, -0.1) is 11.8 Å². The molecule has 20 heavy (non-hydrogen) atoms. The number of anilines is 1. The Morgan fingerprint density at radius 2 is 1.75 bits per heavy atom. The average Bonchev–Trinajstić information content (AvgIpc) is 2.44. The molecule has 2 N–H and O–H groups in total. The van der Waals surface area contributed by atoms with Crippen molar-refractivity contribution in [2.24, 2.45) is 0 Å². The first-order chi connectivity index (χ1) is 9.65. The number of rotatable bonds is 6. The van der Waals surface area contributed by atoms with Gasteiger partial charge in [0.05, 0.1) is 6.61 Å². The van der Waals surface area contributed by atoms with Gasteiger partial charge < -0.3 is 10.5 Å². The van der Waals surface area contributed by atoms with Gasteiger partial charge in [0.25, 0.3) is 0 Å². The minimum absolute atomic E-state index is 0.570. The highest BCUT2D eigenvalue weighted by molar-refractivity contribution is 7.99. The van der Waals surface area contributed by atoms with E-state index in [4.69, 9.17) is 10.5 Å². The molecule has 5 heteroatoms. The smallest absolute Gasteiger partial charge is 0.159 e. The summed E-state index contributed by atoms with van der Waals surface area (Å²) in [6.45, 7) is 0.570. The zero-order chi connectivity index (χ0) is 14.4. The average molecular weight is 295 g/mol. The van der Waals surface area contributed by atoms with Gasteiger partial charge in [0.15, 0.2) is 11.6 Å². The highest BCUT2D eigenvalue weighted by Gasteiger charge is 2.02. The minimum Gasteiger partial charge on any atom is -0.494 e. The molecule has 0 heterocycles. The van der Waals surface area contributed by atoms with Crippen molar-refractivity contribution in [2.45, 2.75) is 11.3 Å². The number of hydrogen-bond donors (Lipinski definition) is 1. The van der Waals surface area contributed by atoms with E-state index in [0.29, 0.717) is 12.3 Å². The van der Waals surface area contributed by atoms with Crippen molar-refractivity contribution in [1.82, 2.24) is 0 Å². The topological polar surface area (TPSA) is 35.2 Å². The lowest BCUT2D eigenvalue weighted by molar-refractivity contribution is 0.319. The van der Waals surface area contributed by atoms with Gasteiger partial charge in [0.2, 0.25) is 0 Å². The predicted molar refractivity (Wildman–Crippen MR) is 78.0 cm³/mol. The monoisotopic (exact) mass is 295 g/mol. The second kappa shape index (κ2) is 7.14. The molecule has 0 bridgehead atoms. The molecule has 2 aromatic rings. The molecule has 0 radical (unpaired) electrons. The van der Waals surface area contributed by atoms with Crippen molar-refractivity contribution in [1.29, 1.82) is 0 Å². The van der Waals surface area contributed by atoms with Gasteiger partial charge in [-0.05, 0) is 48.9 Å². The van der Waals surface area contributed by atoms with Crippen LogP contribution in [0.15, 0.2) is 47.4 Å². The Morgan fingerprint density at radius 3 is 2.45 bits per heavy atom. The third kappa shape index (κ3) is 4.42. The number of nitrogen functional groups attached to an aromatic ring is 1. The fraction of sp³-hybridized carbons (Fsp3) is 0.200. The molecule has 0 saturated heterocycles. The number of benzene rings is 2. The molecule has 2 aromatic carbocycles. The zero-order valence-corrected chi connectivity index (χ0v) is 11.6. The molecule has 0 aromatic heterocycles. The summed E-state index contributed by atoms with van der Waals surface area (Å²) < 4.78 is 31.3. The van der Waals surface area contributed by atoms with Crippen LogP contribution < -0.4 is 10.5 Å². The molecule has 0 saturated carbocycles. The lowest BCUT2D eigenvalue weighted by Crippen LogP contribution is -1.99. The lowest BCUT2D eigenvalue weighted by atomic mass is 10.3. The summed E-state index contributed by atoms with van der Waals surface area (Å²) in [7, 11) is 0. The maximum atomic E-state index is 13.0. The van der Waals surface area contributed by atoms with Gasteiger partial charge in [-0.3, -0.25) is 0 Å². The highest BCUT2D eigenvalue weighted by atomic mass is 32.2. The van der Waals surface area contributed by atoms with E-state index in [1.807, 2.05) is 12.1 Å². The van der Waals surface area contributed by atoms with Crippen LogP contribution in [0.1, 0.15) is 6.42 Å². The van der Waals surface area contributed by atoms with Crippen LogP contribution >= 0.6 is 11.8 Å². The SMILES string of the molecule is Nc1ccc(OCCCSc2ccc(F)c(F)c2)cc1. The summed E-state index contributed by atoms with van der Waals surface area (Å²) >= 11 is 1.47. The standard InChI is InChI=1S/C15H15F2NOS/c16-14-7-6-13(10-15(14)17)20-9-1-8-19-12-4-2-11(18)3-5-12/h2-7,10H,1,8-9,18H2. The first-order valence-corrected chi connectivity index (χ1v) is 7.20. The van der Waals surface area contributed by atoms with Gasteiger partial charge in [-0.1, -0.05) is 0 Å². The molecule has 0 amide bonds. The predicted octanol–water partition coefficient (Wildman–Crippen LogP) is 4.11. The maximum Gasteiger partial charge on any atom is 0.159 e. The summed E-state index contributed by atoms with van der Waals surface area (Å²) in [5, 5.41) is 0. The Morgan fingerprint density at radius 1 is 1.00 bits per heavy atom. The molecule has 0 unspecified atom stereocenters. The molecule has 106 valence electrons. The number of thioether (sulfide) groups is 1. The zero-order valence-electron chi connectivity index (χ0n) is 10.8. The van der Waals surface area contributed by atoms with E-state index in [9.17, 15) is 8.78 Å². The van der Waals surface area contributed by atoms with Gasteiger partial charge in [0.1, 0.15) is 5.75 Å². The summed E-state index contributed by atoms with van der Waals surface area (Å²) in [6, 6.07) is 11.1. The molecule has 0 atom stereocenters. The first-order valence-electron chi connectivity index (χ1n) is 6.21. The fourth-order valence-electron chi connectivity index (χ4n) is 1.57. The van der Waals surface area contributed by atoms with Crippen LogP contribution in [-0.2, 0) is 0 Å². The molecule has 0 spiro atoms. The van der Waals surface area contributed by atoms with E-state index in [0.717, 1.165) is 28.9 Å². The summed E-state index contributed by atoms with van der Waals surface area (Å²) in [6.07, 6.45) is 0.814. The molecule has 0 aliphatic rings. The van der Waals surface area contributed by atoms with Crippen molar-refractivity contribution in [2.75, 3.05) is 18.1 Å². The molecule has 0 aliphatic carbocycles. The van der Waals surface area contributed by atoms with Crippen molar-refractivity contribution in [3.8, 4) is 5.75 Å². The largest absolute Gasteiger partial charge is 0.494 e. The molecular weight excluding hydrogens is 280 g/mol. The maximum absolute atomic E-state index is 13.0. The Labute approximate surface area is 120 Å². The van der Waals surface area contributed by atoms with Crippen molar-refractivity contribution in [3.63, 3.8) is 0 Å². The van der Waals surface area contributed by atoms with Crippen molar-refractivity contribution < 1.29 is 13.5 Å². The van der Waals surface area contributed by atoms with Crippen molar-refractivity contribution >= 4 is 17.4 Å². The molecule has 2 nitrogen and oxygen atoms in total. The number of ether oxygens (including phenoxy) is 1. The van der Waals surface area contributed by atoms with Crippen LogP contribution in [0.5, 0.6) is 5.75 Å². The van der Waals surface area contributed by atoms with E-state index in [1.54, 1.807) is 18.2 Å². The number of halogens is 2. The molecule has 0 fully saturated rings. The van der Waals surface area contributed by atoms with Crippen LogP contribution in [0, 0.1) is 11.6 Å². The van der Waals surface area contributed by atoms with Crippen molar-refractivity contribution in [3.05, 3.63) is 54.1 Å². The Bertz CT molecular complexity index is 560. The molecular formula is C15H15F2NOS. The minimum atomic E-state index is -0.818. The second-order valence-electron chi connectivity index (χ2n) is 4.20. The summed E-state index contributed by atoms with van der Waals surface area (Å²) in [4.78, 5) is 0.719. The van der Waals surface area contributed by atoms with Crippen LogP contribution in [0.2, 0.25) is 0 Å². The van der Waals surface area contributed by atoms with Gasteiger partial charge >= 0.3 is 0 Å². The number of nitrogens with two attached hydrogens (primary N) is 1. The third-order valence-electron chi connectivity index (χ3n) is 2.60. The lowest BCUT2D eigenvalue weighted by Gasteiger charge is -2.06. The summed E-state index contributed by atoms with van der Waals surface area (Å²) in [5.41, 5.74) is 6.27. The molecule has 2 rings (SSSR count). The van der Waals surface area contributed by atoms with Crippen LogP contribution in [0.4, 0.5) is 14.5 Å². The summed E-state index contributed by atoms with van der Waals surface area (Å²) in [5.74, 6) is -0.0776. The van der Waals surface area contributed by atoms with Crippen LogP contribution in [0.3, 0.4) is 0 Å². The van der Waals surface area contributed by atoms with Crippen LogP contribution in [0.25, 0.3) is 0 Å². The van der Waals surface area contributed by atoms with Crippen LogP contribution in [-0.4, -0.2) is 12.4 Å². The Kier molecular flexibility index (Phi) is 5.24. The third-order valence-corrected chi connectivity index (χ3v) is 3.68. The normalized spacial score (nSPS) is 10.5. The van der Waals surface area contributed by atoms with Gasteiger partial charge in [-0.2, -0.15) is 0 Å². The van der Waals surface area contributed by atoms with Gasteiger partial charge in [-0.25, -0.2) is 8.78 Å². The van der Waals surface area contributed by atoms with E-state index >= 15 is 0 Å². The van der Waals surface area contributed by atoms with E-state index < -0.39 is 11.6 Å². The van der Waals surface area contributed by atoms with E-state index in [2.05, 4.69) is 0 Å².